The van der Waals surface area contributed by atoms with Crippen LogP contribution < -0.4 is 4.74 Å². The lowest BCUT2D eigenvalue weighted by Crippen LogP contribution is -2.44. The van der Waals surface area contributed by atoms with Gasteiger partial charge in [0.1, 0.15) is 11.4 Å². The lowest BCUT2D eigenvalue weighted by molar-refractivity contribution is -0.142. The van der Waals surface area contributed by atoms with Gasteiger partial charge in [-0.25, -0.2) is 0 Å². The van der Waals surface area contributed by atoms with E-state index in [1.54, 1.807) is 12.0 Å². The number of hydrogen-bond donors (Lipinski definition) is 0. The minimum Gasteiger partial charge on any atom is -0.497 e. The van der Waals surface area contributed by atoms with Crippen molar-refractivity contribution in [3.05, 3.63) is 42.0 Å². The van der Waals surface area contributed by atoms with Crippen molar-refractivity contribution in [1.82, 2.24) is 9.80 Å². The van der Waals surface area contributed by atoms with Crippen LogP contribution >= 0.6 is 0 Å². The number of carbonyl (C=O) groups is 2. The van der Waals surface area contributed by atoms with Gasteiger partial charge in [-0.15, -0.1) is 0 Å². The first-order valence-corrected chi connectivity index (χ1v) is 9.53. The van der Waals surface area contributed by atoms with Gasteiger partial charge in [-0.1, -0.05) is 31.2 Å². The number of amides is 2. The number of hydrogen-bond acceptors (Lipinski definition) is 4. The molecule has 4 atom stereocenters. The predicted molar refractivity (Wildman–Crippen MR) is 100 cm³/mol. The fraction of sp³-hybridized carbons (Fsp3) is 0.524. The molecule has 6 heteroatoms. The highest BCUT2D eigenvalue weighted by Crippen LogP contribution is 2.52. The second-order valence-electron chi connectivity index (χ2n) is 7.71. The summed E-state index contributed by atoms with van der Waals surface area (Å²) >= 11 is 0. The molecule has 3 aliphatic rings. The maximum Gasteiger partial charge on any atom is 0.230 e. The van der Waals surface area contributed by atoms with Gasteiger partial charge in [0.15, 0.2) is 0 Å². The molecule has 3 heterocycles. The molecule has 0 N–H and O–H groups in total. The Bertz CT molecular complexity index is 792. The summed E-state index contributed by atoms with van der Waals surface area (Å²) in [4.78, 5) is 29.8. The van der Waals surface area contributed by atoms with Crippen LogP contribution in [0, 0.1) is 11.8 Å². The first-order chi connectivity index (χ1) is 13.0. The molecule has 0 unspecified atom stereocenters. The molecule has 0 saturated carbocycles. The minimum atomic E-state index is -0.659. The first kappa shape index (κ1) is 18.0. The third-order valence-electron chi connectivity index (χ3n) is 5.91. The van der Waals surface area contributed by atoms with E-state index in [0.29, 0.717) is 19.6 Å². The van der Waals surface area contributed by atoms with E-state index in [-0.39, 0.29) is 17.9 Å². The molecule has 4 rings (SSSR count). The number of carbonyl (C=O) groups excluding carboxylic acids is 2. The molecule has 0 radical (unpaired) electrons. The Balaban J connectivity index is 1.56. The van der Waals surface area contributed by atoms with Crippen molar-refractivity contribution in [2.75, 3.05) is 27.2 Å². The zero-order valence-electron chi connectivity index (χ0n) is 16.1. The SMILES string of the molecule is CCCN(C)C(=O)[C@H]1[C@@H]2C=C[C@@]3(CN(Cc4cccc(OC)c4)C(=O)[C@@H]13)O2. The fourth-order valence-corrected chi connectivity index (χ4v) is 4.69. The standard InChI is InChI=1S/C21H26N2O4/c1-4-10-22(2)19(24)17-16-8-9-21(27-16)13-23(20(25)18(17)21)12-14-6-5-7-15(11-14)26-3/h5-9,11,16-18H,4,10,12-13H2,1-3H3/t16-,17-,18+,21-/m0/s1. The van der Waals surface area contributed by atoms with Gasteiger partial charge in [0.25, 0.3) is 0 Å². The molecule has 2 fully saturated rings. The molecule has 2 saturated heterocycles. The van der Waals surface area contributed by atoms with Crippen molar-refractivity contribution >= 4 is 11.8 Å². The largest absolute Gasteiger partial charge is 0.497 e. The molecule has 0 aromatic heterocycles. The average molecular weight is 370 g/mol. The number of rotatable bonds is 6. The molecule has 1 aromatic carbocycles. The molecular weight excluding hydrogens is 344 g/mol. The van der Waals surface area contributed by atoms with Gasteiger partial charge in [0.2, 0.25) is 11.8 Å². The summed E-state index contributed by atoms with van der Waals surface area (Å²) in [6.07, 6.45) is 4.56. The topological polar surface area (TPSA) is 59.1 Å². The molecule has 0 aliphatic carbocycles. The van der Waals surface area contributed by atoms with E-state index in [2.05, 4.69) is 0 Å². The van der Waals surface area contributed by atoms with Crippen LogP contribution in [0.1, 0.15) is 18.9 Å². The van der Waals surface area contributed by atoms with Gasteiger partial charge >= 0.3 is 0 Å². The van der Waals surface area contributed by atoms with E-state index in [1.165, 1.54) is 0 Å². The molecule has 2 amide bonds. The van der Waals surface area contributed by atoms with Crippen molar-refractivity contribution in [3.8, 4) is 5.75 Å². The van der Waals surface area contributed by atoms with Crippen LogP contribution in [0.3, 0.4) is 0 Å². The Hall–Kier alpha value is -2.34. The molecule has 3 aliphatic heterocycles. The second kappa shape index (κ2) is 6.68. The van der Waals surface area contributed by atoms with Gasteiger partial charge in [-0.2, -0.15) is 0 Å². The highest BCUT2D eigenvalue weighted by atomic mass is 16.5. The van der Waals surface area contributed by atoms with Crippen LogP contribution in [0.5, 0.6) is 5.75 Å². The normalized spacial score (nSPS) is 30.7. The molecule has 2 bridgehead atoms. The third-order valence-corrected chi connectivity index (χ3v) is 5.91. The molecule has 27 heavy (non-hydrogen) atoms. The molecule has 1 aromatic rings. The lowest BCUT2D eigenvalue weighted by Gasteiger charge is -2.27. The van der Waals surface area contributed by atoms with E-state index in [9.17, 15) is 9.59 Å². The van der Waals surface area contributed by atoms with Gasteiger partial charge < -0.3 is 19.3 Å². The second-order valence-corrected chi connectivity index (χ2v) is 7.71. The Morgan fingerprint density at radius 3 is 3.00 bits per heavy atom. The maximum absolute atomic E-state index is 13.2. The van der Waals surface area contributed by atoms with Gasteiger partial charge in [-0.05, 0) is 24.1 Å². The van der Waals surface area contributed by atoms with Crippen molar-refractivity contribution in [1.29, 1.82) is 0 Å². The van der Waals surface area contributed by atoms with Crippen LogP contribution in [0.15, 0.2) is 36.4 Å². The van der Waals surface area contributed by atoms with E-state index < -0.39 is 17.4 Å². The van der Waals surface area contributed by atoms with Crippen molar-refractivity contribution < 1.29 is 19.1 Å². The molecular formula is C21H26N2O4. The summed E-state index contributed by atoms with van der Waals surface area (Å²) in [6, 6.07) is 7.72. The third kappa shape index (κ3) is 2.83. The Labute approximate surface area is 159 Å². The number of nitrogens with zero attached hydrogens (tertiary/aromatic N) is 2. The number of benzene rings is 1. The number of fused-ring (bicyclic) bond motifs is 1. The summed E-state index contributed by atoms with van der Waals surface area (Å²) in [5, 5.41) is 0. The zero-order chi connectivity index (χ0) is 19.2. The predicted octanol–water partition coefficient (Wildman–Crippen LogP) is 1.85. The van der Waals surface area contributed by atoms with Gasteiger partial charge in [0, 0.05) is 20.1 Å². The van der Waals surface area contributed by atoms with Crippen LogP contribution in [0.2, 0.25) is 0 Å². The number of ether oxygens (including phenoxy) is 2. The van der Waals surface area contributed by atoms with E-state index >= 15 is 0 Å². The first-order valence-electron chi connectivity index (χ1n) is 9.53. The van der Waals surface area contributed by atoms with Crippen LogP contribution in [0.25, 0.3) is 0 Å². The Morgan fingerprint density at radius 1 is 1.44 bits per heavy atom. The molecule has 6 nitrogen and oxygen atoms in total. The van der Waals surface area contributed by atoms with Crippen molar-refractivity contribution in [2.24, 2.45) is 11.8 Å². The summed E-state index contributed by atoms with van der Waals surface area (Å²) < 4.78 is 11.5. The summed E-state index contributed by atoms with van der Waals surface area (Å²) in [7, 11) is 3.44. The van der Waals surface area contributed by atoms with E-state index in [4.69, 9.17) is 9.47 Å². The highest BCUT2D eigenvalue weighted by molar-refractivity contribution is 5.93. The summed E-state index contributed by atoms with van der Waals surface area (Å²) in [5.41, 5.74) is 0.345. The fourth-order valence-electron chi connectivity index (χ4n) is 4.69. The molecule has 144 valence electrons. The van der Waals surface area contributed by atoms with Gasteiger partial charge in [-0.3, -0.25) is 9.59 Å². The zero-order valence-corrected chi connectivity index (χ0v) is 16.1. The number of methoxy groups -OCH3 is 1. The van der Waals surface area contributed by atoms with Crippen LogP contribution in [-0.2, 0) is 20.9 Å². The van der Waals surface area contributed by atoms with Crippen molar-refractivity contribution in [3.63, 3.8) is 0 Å². The summed E-state index contributed by atoms with van der Waals surface area (Å²) in [6.45, 7) is 3.70. The molecule has 1 spiro atoms. The maximum atomic E-state index is 13.2. The monoisotopic (exact) mass is 370 g/mol. The quantitative estimate of drug-likeness (QED) is 0.717. The van der Waals surface area contributed by atoms with E-state index in [1.807, 2.05) is 55.3 Å². The van der Waals surface area contributed by atoms with Crippen LogP contribution in [0.4, 0.5) is 0 Å². The Kier molecular flexibility index (Phi) is 4.46. The average Bonchev–Trinajstić information content (AvgIpc) is 3.30. The van der Waals surface area contributed by atoms with Gasteiger partial charge in [0.05, 0.1) is 31.6 Å². The smallest absolute Gasteiger partial charge is 0.230 e. The van der Waals surface area contributed by atoms with Crippen molar-refractivity contribution in [2.45, 2.75) is 31.6 Å². The Morgan fingerprint density at radius 2 is 2.26 bits per heavy atom. The summed E-state index contributed by atoms with van der Waals surface area (Å²) in [5.74, 6) is -0.0642. The lowest BCUT2D eigenvalue weighted by atomic mass is 9.76. The minimum absolute atomic E-state index is 0.00733. The highest BCUT2D eigenvalue weighted by Gasteiger charge is 2.66. The van der Waals surface area contributed by atoms with Crippen LogP contribution in [-0.4, -0.2) is 60.6 Å². The number of likely N-dealkylation sites (tertiary alicyclic amines) is 1. The van der Waals surface area contributed by atoms with E-state index in [0.717, 1.165) is 17.7 Å².